The SMILES string of the molecule is CC[C@@H](C)NC(=O)[C@@H](CC)N(Cc1ccc(OC)cc1)C(=O)CN(c1ccc(OC)c(OC)c1)S(=O)(=O)c1ccc(C)cc1. The van der Waals surface area contributed by atoms with Gasteiger partial charge in [-0.3, -0.25) is 13.9 Å². The molecule has 3 rings (SSSR count). The third-order valence-corrected chi connectivity index (χ3v) is 9.23. The highest BCUT2D eigenvalue weighted by atomic mass is 32.2. The summed E-state index contributed by atoms with van der Waals surface area (Å²) in [6.45, 7) is 7.06. The standard InChI is InChI=1S/C33H43N3O7S/c1-8-24(4)34-33(38)29(9-2)35(21-25-12-15-27(41-5)16-13-25)32(37)22-36(26-14-19-30(42-6)31(20-26)43-7)44(39,40)28-17-10-23(3)11-18-28/h10-20,24,29H,8-9,21-22H2,1-7H3,(H,34,38)/t24-,29-/m1/s1. The molecule has 0 spiro atoms. The highest BCUT2D eigenvalue weighted by Crippen LogP contribution is 2.34. The van der Waals surface area contributed by atoms with Gasteiger partial charge in [0.2, 0.25) is 11.8 Å². The van der Waals surface area contributed by atoms with E-state index in [0.717, 1.165) is 21.9 Å². The maximum absolute atomic E-state index is 14.3. The molecule has 0 saturated carbocycles. The highest BCUT2D eigenvalue weighted by Gasteiger charge is 2.34. The molecule has 0 aliphatic carbocycles. The Labute approximate surface area is 261 Å². The summed E-state index contributed by atoms with van der Waals surface area (Å²) in [6.07, 6.45) is 1.04. The van der Waals surface area contributed by atoms with Crippen molar-refractivity contribution in [3.8, 4) is 17.2 Å². The van der Waals surface area contributed by atoms with Gasteiger partial charge in [0.15, 0.2) is 11.5 Å². The van der Waals surface area contributed by atoms with Crippen molar-refractivity contribution >= 4 is 27.5 Å². The second kappa shape index (κ2) is 15.5. The fraction of sp³-hybridized carbons (Fsp3) is 0.394. The van der Waals surface area contributed by atoms with E-state index in [2.05, 4.69) is 5.32 Å². The van der Waals surface area contributed by atoms with Crippen molar-refractivity contribution in [1.29, 1.82) is 0 Å². The van der Waals surface area contributed by atoms with Gasteiger partial charge in [0.25, 0.3) is 10.0 Å². The molecule has 3 aromatic carbocycles. The number of hydrogen-bond donors (Lipinski definition) is 1. The fourth-order valence-corrected chi connectivity index (χ4v) is 6.04. The van der Waals surface area contributed by atoms with Crippen LogP contribution in [0.5, 0.6) is 17.2 Å². The molecule has 44 heavy (non-hydrogen) atoms. The van der Waals surface area contributed by atoms with E-state index in [1.165, 1.54) is 37.3 Å². The number of carbonyl (C=O) groups excluding carboxylic acids is 2. The molecule has 0 aliphatic heterocycles. The molecule has 11 heteroatoms. The van der Waals surface area contributed by atoms with Gasteiger partial charge in [0.1, 0.15) is 18.3 Å². The summed E-state index contributed by atoms with van der Waals surface area (Å²) in [7, 11) is 0.264. The highest BCUT2D eigenvalue weighted by molar-refractivity contribution is 7.92. The molecule has 2 atom stereocenters. The molecule has 0 radical (unpaired) electrons. The quantitative estimate of drug-likeness (QED) is 0.255. The normalized spacial score (nSPS) is 12.5. The third-order valence-electron chi connectivity index (χ3n) is 7.44. The van der Waals surface area contributed by atoms with E-state index < -0.39 is 28.5 Å². The molecule has 0 aromatic heterocycles. The molecule has 238 valence electrons. The van der Waals surface area contributed by atoms with Crippen LogP contribution in [-0.2, 0) is 26.2 Å². The average molecular weight is 626 g/mol. The number of nitrogens with one attached hydrogen (secondary N) is 1. The van der Waals surface area contributed by atoms with E-state index >= 15 is 0 Å². The fourth-order valence-electron chi connectivity index (χ4n) is 4.63. The molecule has 0 heterocycles. The lowest BCUT2D eigenvalue weighted by atomic mass is 10.1. The molecule has 0 unspecified atom stereocenters. The monoisotopic (exact) mass is 625 g/mol. The maximum atomic E-state index is 14.3. The van der Waals surface area contributed by atoms with Gasteiger partial charge in [-0.1, -0.05) is 43.7 Å². The van der Waals surface area contributed by atoms with Crippen LogP contribution in [0.1, 0.15) is 44.7 Å². The number of hydrogen-bond acceptors (Lipinski definition) is 7. The van der Waals surface area contributed by atoms with Crippen molar-refractivity contribution in [2.75, 3.05) is 32.2 Å². The third kappa shape index (κ3) is 8.22. The van der Waals surface area contributed by atoms with E-state index in [9.17, 15) is 18.0 Å². The Balaban J connectivity index is 2.11. The number of carbonyl (C=O) groups is 2. The van der Waals surface area contributed by atoms with Crippen molar-refractivity contribution in [2.45, 2.75) is 64.1 Å². The lowest BCUT2D eigenvalue weighted by molar-refractivity contribution is -0.140. The number of nitrogens with zero attached hydrogens (tertiary/aromatic N) is 2. The van der Waals surface area contributed by atoms with Crippen LogP contribution in [-0.4, -0.2) is 65.1 Å². The van der Waals surface area contributed by atoms with E-state index in [1.54, 1.807) is 43.5 Å². The zero-order chi connectivity index (χ0) is 32.4. The second-order valence-corrected chi connectivity index (χ2v) is 12.3. The van der Waals surface area contributed by atoms with Gasteiger partial charge in [0, 0.05) is 18.7 Å². The van der Waals surface area contributed by atoms with Crippen molar-refractivity contribution in [1.82, 2.24) is 10.2 Å². The van der Waals surface area contributed by atoms with Crippen LogP contribution in [0.2, 0.25) is 0 Å². The molecule has 0 saturated heterocycles. The van der Waals surface area contributed by atoms with Gasteiger partial charge in [0.05, 0.1) is 31.9 Å². The number of aryl methyl sites for hydroxylation is 1. The van der Waals surface area contributed by atoms with Crippen molar-refractivity contribution in [2.24, 2.45) is 0 Å². The Morgan fingerprint density at radius 3 is 2.02 bits per heavy atom. The van der Waals surface area contributed by atoms with Gasteiger partial charge in [-0.15, -0.1) is 0 Å². The Morgan fingerprint density at radius 1 is 0.841 bits per heavy atom. The molecule has 1 N–H and O–H groups in total. The van der Waals surface area contributed by atoms with E-state index in [1.807, 2.05) is 39.8 Å². The summed E-state index contributed by atoms with van der Waals surface area (Å²) in [5, 5.41) is 2.98. The van der Waals surface area contributed by atoms with Crippen molar-refractivity contribution < 1.29 is 32.2 Å². The molecule has 2 amide bonds. The van der Waals surface area contributed by atoms with Crippen molar-refractivity contribution in [3.63, 3.8) is 0 Å². The zero-order valence-electron chi connectivity index (χ0n) is 26.5. The topological polar surface area (TPSA) is 114 Å². The molecule has 0 aliphatic rings. The maximum Gasteiger partial charge on any atom is 0.264 e. The number of anilines is 1. The summed E-state index contributed by atoms with van der Waals surface area (Å²) in [4.78, 5) is 29.2. The Bertz CT molecular complexity index is 1510. The smallest absolute Gasteiger partial charge is 0.264 e. The van der Waals surface area contributed by atoms with Crippen LogP contribution in [0.15, 0.2) is 71.6 Å². The van der Waals surface area contributed by atoms with Crippen LogP contribution in [0.3, 0.4) is 0 Å². The molecular formula is C33H43N3O7S. The lowest BCUT2D eigenvalue weighted by Gasteiger charge is -2.34. The number of benzene rings is 3. The number of amides is 2. The number of ether oxygens (including phenoxy) is 3. The second-order valence-electron chi connectivity index (χ2n) is 10.5. The summed E-state index contributed by atoms with van der Waals surface area (Å²) in [5.74, 6) is 0.511. The van der Waals surface area contributed by atoms with E-state index in [4.69, 9.17) is 14.2 Å². The largest absolute Gasteiger partial charge is 0.497 e. The first-order valence-electron chi connectivity index (χ1n) is 14.5. The zero-order valence-corrected chi connectivity index (χ0v) is 27.3. The molecule has 0 fully saturated rings. The molecule has 3 aromatic rings. The average Bonchev–Trinajstić information content (AvgIpc) is 3.03. The minimum Gasteiger partial charge on any atom is -0.497 e. The number of sulfonamides is 1. The first-order chi connectivity index (χ1) is 21.0. The molecule has 0 bridgehead atoms. The van der Waals surface area contributed by atoms with E-state index in [0.29, 0.717) is 23.7 Å². The van der Waals surface area contributed by atoms with Gasteiger partial charge in [-0.05, 0) is 68.7 Å². The first kappa shape index (κ1) is 34.2. The number of methoxy groups -OCH3 is 3. The molecule has 10 nitrogen and oxygen atoms in total. The van der Waals surface area contributed by atoms with Crippen LogP contribution in [0.25, 0.3) is 0 Å². The predicted molar refractivity (Wildman–Crippen MR) is 171 cm³/mol. The Morgan fingerprint density at radius 2 is 1.48 bits per heavy atom. The van der Waals surface area contributed by atoms with Gasteiger partial charge < -0.3 is 24.4 Å². The summed E-state index contributed by atoms with van der Waals surface area (Å²) < 4.78 is 45.4. The van der Waals surface area contributed by atoms with Gasteiger partial charge in [-0.25, -0.2) is 8.42 Å². The van der Waals surface area contributed by atoms with Crippen LogP contribution in [0.4, 0.5) is 5.69 Å². The summed E-state index contributed by atoms with van der Waals surface area (Å²) >= 11 is 0. The molecular weight excluding hydrogens is 582 g/mol. The minimum absolute atomic E-state index is 0.0222. The lowest BCUT2D eigenvalue weighted by Crippen LogP contribution is -2.53. The minimum atomic E-state index is -4.23. The first-order valence-corrected chi connectivity index (χ1v) is 16.0. The summed E-state index contributed by atoms with van der Waals surface area (Å²) in [6, 6.07) is 17.3. The Hall–Kier alpha value is -4.25. The van der Waals surface area contributed by atoms with E-state index in [-0.39, 0.29) is 29.1 Å². The van der Waals surface area contributed by atoms with Gasteiger partial charge in [-0.2, -0.15) is 0 Å². The van der Waals surface area contributed by atoms with Crippen LogP contribution in [0, 0.1) is 6.92 Å². The number of rotatable bonds is 15. The van der Waals surface area contributed by atoms with Crippen molar-refractivity contribution in [3.05, 3.63) is 77.9 Å². The Kier molecular flexibility index (Phi) is 12.0. The predicted octanol–water partition coefficient (Wildman–Crippen LogP) is 4.94. The van der Waals surface area contributed by atoms with Crippen LogP contribution < -0.4 is 23.8 Å². The van der Waals surface area contributed by atoms with Gasteiger partial charge >= 0.3 is 0 Å². The van der Waals surface area contributed by atoms with Crippen LogP contribution >= 0.6 is 0 Å². The summed E-state index contributed by atoms with van der Waals surface area (Å²) in [5.41, 5.74) is 1.85.